The third-order valence-electron chi connectivity index (χ3n) is 3.39. The number of carbonyl (C=O) groups excluding carboxylic acids is 1. The first kappa shape index (κ1) is 16.2. The van der Waals surface area contributed by atoms with Crippen LogP contribution in [0.4, 0.5) is 0 Å². The van der Waals surface area contributed by atoms with E-state index in [1.807, 2.05) is 42.7 Å². The van der Waals surface area contributed by atoms with Crippen LogP contribution in [0, 0.1) is 4.77 Å². The predicted octanol–water partition coefficient (Wildman–Crippen LogP) is 2.39. The molecule has 0 spiro atoms. The smallest absolute Gasteiger partial charge is 0.224 e. The van der Waals surface area contributed by atoms with Crippen LogP contribution in [0.5, 0.6) is 5.75 Å². The van der Waals surface area contributed by atoms with Gasteiger partial charge in [-0.2, -0.15) is 5.10 Å². The van der Waals surface area contributed by atoms with E-state index in [2.05, 4.69) is 15.5 Å². The van der Waals surface area contributed by atoms with Gasteiger partial charge in [-0.05, 0) is 43.8 Å². The molecule has 22 heavy (non-hydrogen) atoms. The summed E-state index contributed by atoms with van der Waals surface area (Å²) in [6.45, 7) is 4.59. The fourth-order valence-corrected chi connectivity index (χ4v) is 2.52. The molecule has 0 aliphatic carbocycles. The number of methoxy groups -OCH3 is 1. The number of carbonyl (C=O) groups is 1. The molecule has 0 aliphatic heterocycles. The number of nitrogens with one attached hydrogen (secondary N) is 2. The Balaban J connectivity index is 2.00. The van der Waals surface area contributed by atoms with Gasteiger partial charge >= 0.3 is 0 Å². The molecule has 1 heterocycles. The zero-order chi connectivity index (χ0) is 16.1. The van der Waals surface area contributed by atoms with Crippen molar-refractivity contribution in [3.8, 4) is 5.75 Å². The van der Waals surface area contributed by atoms with E-state index < -0.39 is 0 Å². The molecule has 6 nitrogen and oxygen atoms in total. The maximum atomic E-state index is 12.1. The van der Waals surface area contributed by atoms with E-state index in [-0.39, 0.29) is 11.9 Å². The standard InChI is InChI=1S/C15H20N4O2S/c1-4-19-14(17-18-15(19)22)10(2)16-13(20)9-11-5-7-12(21-3)8-6-11/h5-8,10H,4,9H2,1-3H3,(H,16,20)(H,18,22). The van der Waals surface area contributed by atoms with E-state index in [9.17, 15) is 4.79 Å². The Morgan fingerprint density at radius 3 is 2.73 bits per heavy atom. The lowest BCUT2D eigenvalue weighted by molar-refractivity contribution is -0.121. The fourth-order valence-electron chi connectivity index (χ4n) is 2.25. The lowest BCUT2D eigenvalue weighted by atomic mass is 10.1. The maximum Gasteiger partial charge on any atom is 0.224 e. The Kier molecular flexibility index (Phi) is 5.32. The monoisotopic (exact) mass is 320 g/mol. The third-order valence-corrected chi connectivity index (χ3v) is 3.70. The highest BCUT2D eigenvalue weighted by Gasteiger charge is 2.16. The van der Waals surface area contributed by atoms with Crippen LogP contribution in [-0.2, 0) is 17.8 Å². The normalized spacial score (nSPS) is 12.0. The average molecular weight is 320 g/mol. The van der Waals surface area contributed by atoms with Gasteiger partial charge in [0.1, 0.15) is 5.75 Å². The second-order valence-corrected chi connectivity index (χ2v) is 5.33. The van der Waals surface area contributed by atoms with Crippen molar-refractivity contribution in [1.82, 2.24) is 20.1 Å². The molecule has 0 saturated heterocycles. The van der Waals surface area contributed by atoms with Gasteiger partial charge in [0.05, 0.1) is 19.6 Å². The van der Waals surface area contributed by atoms with Crippen molar-refractivity contribution in [3.63, 3.8) is 0 Å². The number of hydrogen-bond acceptors (Lipinski definition) is 4. The Hall–Kier alpha value is -2.15. The van der Waals surface area contributed by atoms with Gasteiger partial charge in [-0.3, -0.25) is 9.89 Å². The van der Waals surface area contributed by atoms with E-state index in [1.165, 1.54) is 0 Å². The number of benzene rings is 1. The first-order chi connectivity index (χ1) is 10.5. The zero-order valence-electron chi connectivity index (χ0n) is 12.9. The second kappa shape index (κ2) is 7.22. The summed E-state index contributed by atoms with van der Waals surface area (Å²) < 4.78 is 7.53. The summed E-state index contributed by atoms with van der Waals surface area (Å²) in [5.41, 5.74) is 0.930. The van der Waals surface area contributed by atoms with Crippen molar-refractivity contribution in [2.75, 3.05) is 7.11 Å². The largest absolute Gasteiger partial charge is 0.497 e. The van der Waals surface area contributed by atoms with Crippen molar-refractivity contribution in [1.29, 1.82) is 0 Å². The van der Waals surface area contributed by atoms with Gasteiger partial charge in [-0.15, -0.1) is 0 Å². The number of aromatic nitrogens is 3. The third kappa shape index (κ3) is 3.73. The lowest BCUT2D eigenvalue weighted by Crippen LogP contribution is -2.30. The number of nitrogens with zero attached hydrogens (tertiary/aromatic N) is 2. The molecule has 118 valence electrons. The molecule has 1 atom stereocenters. The van der Waals surface area contributed by atoms with Gasteiger partial charge in [0.2, 0.25) is 5.91 Å². The number of aromatic amines is 1. The summed E-state index contributed by atoms with van der Waals surface area (Å²) in [6.07, 6.45) is 0.311. The van der Waals surface area contributed by atoms with Crippen molar-refractivity contribution in [2.45, 2.75) is 32.9 Å². The minimum atomic E-state index is -0.210. The molecule has 0 fully saturated rings. The second-order valence-electron chi connectivity index (χ2n) is 4.95. The topological polar surface area (TPSA) is 71.9 Å². The quantitative estimate of drug-likeness (QED) is 0.802. The number of hydrogen-bond donors (Lipinski definition) is 2. The summed E-state index contributed by atoms with van der Waals surface area (Å²) in [6, 6.07) is 7.23. The van der Waals surface area contributed by atoms with Crippen molar-refractivity contribution >= 4 is 18.1 Å². The average Bonchev–Trinajstić information content (AvgIpc) is 2.88. The molecule has 0 radical (unpaired) electrons. The molecule has 1 aromatic heterocycles. The van der Waals surface area contributed by atoms with Crippen LogP contribution in [-0.4, -0.2) is 27.8 Å². The van der Waals surface area contributed by atoms with Crippen LogP contribution in [0.15, 0.2) is 24.3 Å². The van der Waals surface area contributed by atoms with E-state index in [0.29, 0.717) is 17.7 Å². The Labute approximate surface area is 134 Å². The predicted molar refractivity (Wildman–Crippen MR) is 86.3 cm³/mol. The summed E-state index contributed by atoms with van der Waals surface area (Å²) in [4.78, 5) is 12.1. The van der Waals surface area contributed by atoms with Gasteiger partial charge < -0.3 is 14.6 Å². The molecule has 1 amide bonds. The van der Waals surface area contributed by atoms with E-state index in [4.69, 9.17) is 17.0 Å². The summed E-state index contributed by atoms with van der Waals surface area (Å²) >= 11 is 5.15. The molecular weight excluding hydrogens is 300 g/mol. The Morgan fingerprint density at radius 2 is 2.14 bits per heavy atom. The van der Waals surface area contributed by atoms with Crippen LogP contribution in [0.2, 0.25) is 0 Å². The summed E-state index contributed by atoms with van der Waals surface area (Å²) in [7, 11) is 1.61. The molecule has 1 aromatic carbocycles. The lowest BCUT2D eigenvalue weighted by Gasteiger charge is -2.14. The minimum Gasteiger partial charge on any atom is -0.497 e. The van der Waals surface area contributed by atoms with E-state index in [0.717, 1.165) is 17.1 Å². The van der Waals surface area contributed by atoms with Crippen LogP contribution in [0.3, 0.4) is 0 Å². The van der Waals surface area contributed by atoms with Crippen LogP contribution in [0.1, 0.15) is 31.3 Å². The van der Waals surface area contributed by atoms with Gasteiger partial charge in [0.15, 0.2) is 10.6 Å². The number of amides is 1. The fraction of sp³-hybridized carbons (Fsp3) is 0.400. The summed E-state index contributed by atoms with van der Waals surface area (Å²) in [5.74, 6) is 1.45. The molecule has 1 unspecified atom stereocenters. The zero-order valence-corrected chi connectivity index (χ0v) is 13.7. The van der Waals surface area contributed by atoms with E-state index >= 15 is 0 Å². The van der Waals surface area contributed by atoms with Crippen LogP contribution < -0.4 is 10.1 Å². The molecule has 0 bridgehead atoms. The molecule has 2 N–H and O–H groups in total. The molecule has 0 aliphatic rings. The Bertz CT molecular complexity index is 690. The SMILES string of the molecule is CCn1c(C(C)NC(=O)Cc2ccc(OC)cc2)n[nH]c1=S. The van der Waals surface area contributed by atoms with Gasteiger partial charge in [0.25, 0.3) is 0 Å². The number of H-pyrrole nitrogens is 1. The van der Waals surface area contributed by atoms with Gasteiger partial charge in [-0.1, -0.05) is 12.1 Å². The van der Waals surface area contributed by atoms with Crippen molar-refractivity contribution in [3.05, 3.63) is 40.4 Å². The van der Waals surface area contributed by atoms with Crippen LogP contribution >= 0.6 is 12.2 Å². The molecule has 2 aromatic rings. The molecule has 0 saturated carbocycles. The van der Waals surface area contributed by atoms with Gasteiger partial charge in [0, 0.05) is 6.54 Å². The summed E-state index contributed by atoms with van der Waals surface area (Å²) in [5, 5.41) is 9.88. The highest BCUT2D eigenvalue weighted by molar-refractivity contribution is 7.71. The first-order valence-electron chi connectivity index (χ1n) is 7.12. The molecule has 2 rings (SSSR count). The molecule has 7 heteroatoms. The Morgan fingerprint density at radius 1 is 1.45 bits per heavy atom. The maximum absolute atomic E-state index is 12.1. The van der Waals surface area contributed by atoms with Gasteiger partial charge in [-0.25, -0.2) is 0 Å². The highest BCUT2D eigenvalue weighted by atomic mass is 32.1. The number of rotatable bonds is 6. The molecular formula is C15H20N4O2S. The van der Waals surface area contributed by atoms with E-state index in [1.54, 1.807) is 7.11 Å². The van der Waals surface area contributed by atoms with Crippen molar-refractivity contribution in [2.24, 2.45) is 0 Å². The van der Waals surface area contributed by atoms with Crippen molar-refractivity contribution < 1.29 is 9.53 Å². The number of ether oxygens (including phenoxy) is 1. The highest BCUT2D eigenvalue weighted by Crippen LogP contribution is 2.13. The van der Waals surface area contributed by atoms with Crippen LogP contribution in [0.25, 0.3) is 0 Å². The minimum absolute atomic E-state index is 0.0609. The first-order valence-corrected chi connectivity index (χ1v) is 7.53.